The molecule has 0 aromatic carbocycles. The summed E-state index contributed by atoms with van der Waals surface area (Å²) in [5, 5.41) is -0.213. The van der Waals surface area contributed by atoms with Gasteiger partial charge in [-0.05, 0) is 38.5 Å². The van der Waals surface area contributed by atoms with Crippen molar-refractivity contribution < 1.29 is 17.9 Å². The first-order chi connectivity index (χ1) is 9.08. The van der Waals surface area contributed by atoms with Crippen LogP contribution in [0, 0.1) is 0 Å². The second-order valence-electron chi connectivity index (χ2n) is 5.77. The molecule has 0 saturated heterocycles. The quantitative estimate of drug-likeness (QED) is 0.730. The van der Waals surface area contributed by atoms with Crippen molar-refractivity contribution in [1.82, 2.24) is 0 Å². The predicted octanol–water partition coefficient (Wildman–Crippen LogP) is 2.61. The monoisotopic (exact) mass is 288 g/mol. The van der Waals surface area contributed by atoms with Crippen molar-refractivity contribution >= 4 is 15.8 Å². The first kappa shape index (κ1) is 14.8. The molecule has 0 bridgehead atoms. The number of sulfone groups is 1. The molecule has 0 spiro atoms. The fourth-order valence-electron chi connectivity index (χ4n) is 3.07. The Balaban J connectivity index is 1.73. The Morgan fingerprint density at radius 1 is 0.947 bits per heavy atom. The first-order valence-corrected chi connectivity index (χ1v) is 9.20. The molecule has 19 heavy (non-hydrogen) atoms. The fourth-order valence-corrected chi connectivity index (χ4v) is 4.90. The van der Waals surface area contributed by atoms with Crippen LogP contribution >= 0.6 is 0 Å². The minimum absolute atomic E-state index is 0.0231. The Hall–Kier alpha value is -0.580. The van der Waals surface area contributed by atoms with Crippen LogP contribution in [0.5, 0.6) is 0 Å². The molecular formula is C14H24O4S. The molecule has 0 atom stereocenters. The van der Waals surface area contributed by atoms with Crippen LogP contribution in [0.3, 0.4) is 0 Å². The third-order valence-electron chi connectivity index (χ3n) is 4.25. The summed E-state index contributed by atoms with van der Waals surface area (Å²) in [7, 11) is -3.10. The third-order valence-corrected chi connectivity index (χ3v) is 6.51. The van der Waals surface area contributed by atoms with Crippen LogP contribution < -0.4 is 0 Å². The molecule has 2 rings (SSSR count). The lowest BCUT2D eigenvalue weighted by molar-refractivity contribution is -0.150. The van der Waals surface area contributed by atoms with Gasteiger partial charge in [0.05, 0.1) is 17.4 Å². The van der Waals surface area contributed by atoms with Crippen LogP contribution in [0.25, 0.3) is 0 Å². The topological polar surface area (TPSA) is 60.4 Å². The van der Waals surface area contributed by atoms with E-state index in [0.717, 1.165) is 51.4 Å². The number of ether oxygens (including phenoxy) is 1. The predicted molar refractivity (Wildman–Crippen MR) is 73.6 cm³/mol. The van der Waals surface area contributed by atoms with E-state index in [9.17, 15) is 13.2 Å². The van der Waals surface area contributed by atoms with Crippen molar-refractivity contribution in [3.63, 3.8) is 0 Å². The highest BCUT2D eigenvalue weighted by molar-refractivity contribution is 7.92. The van der Waals surface area contributed by atoms with Gasteiger partial charge in [-0.2, -0.15) is 0 Å². The van der Waals surface area contributed by atoms with Gasteiger partial charge in [0, 0.05) is 0 Å². The van der Waals surface area contributed by atoms with Crippen LogP contribution in [-0.4, -0.2) is 31.5 Å². The summed E-state index contributed by atoms with van der Waals surface area (Å²) in [6, 6.07) is 0. The van der Waals surface area contributed by atoms with Crippen LogP contribution in [0.4, 0.5) is 0 Å². The van der Waals surface area contributed by atoms with Crippen LogP contribution in [0.15, 0.2) is 0 Å². The molecule has 5 heteroatoms. The summed E-state index contributed by atoms with van der Waals surface area (Å²) in [5.74, 6) is -0.378. The van der Waals surface area contributed by atoms with E-state index in [4.69, 9.17) is 4.74 Å². The van der Waals surface area contributed by atoms with Gasteiger partial charge in [0.15, 0.2) is 9.84 Å². The standard InChI is InChI=1S/C14H24O4S/c15-14(18-12-6-2-1-3-7-12)10-11-19(16,17)13-8-4-5-9-13/h12-13H,1-11H2. The van der Waals surface area contributed by atoms with Crippen molar-refractivity contribution in [2.75, 3.05) is 5.75 Å². The van der Waals surface area contributed by atoms with Crippen molar-refractivity contribution in [2.24, 2.45) is 0 Å². The number of hydrogen-bond donors (Lipinski definition) is 0. The summed E-state index contributed by atoms with van der Waals surface area (Å²) in [4.78, 5) is 11.7. The highest BCUT2D eigenvalue weighted by Gasteiger charge is 2.29. The zero-order valence-electron chi connectivity index (χ0n) is 11.5. The maximum Gasteiger partial charge on any atom is 0.307 e. The Kier molecular flexibility index (Phi) is 5.25. The largest absolute Gasteiger partial charge is 0.462 e. The molecule has 2 aliphatic carbocycles. The van der Waals surface area contributed by atoms with Crippen molar-refractivity contribution in [2.45, 2.75) is 75.6 Å². The Bertz CT molecular complexity index is 390. The molecule has 2 fully saturated rings. The van der Waals surface area contributed by atoms with Gasteiger partial charge in [-0.15, -0.1) is 0 Å². The van der Waals surface area contributed by atoms with E-state index in [1.807, 2.05) is 0 Å². The SMILES string of the molecule is O=C(CCS(=O)(=O)C1CCCC1)OC1CCCCC1. The van der Waals surface area contributed by atoms with E-state index in [0.29, 0.717) is 0 Å². The second-order valence-corrected chi connectivity index (χ2v) is 8.17. The molecule has 4 nitrogen and oxygen atoms in total. The Morgan fingerprint density at radius 2 is 1.53 bits per heavy atom. The van der Waals surface area contributed by atoms with E-state index in [1.165, 1.54) is 6.42 Å². The van der Waals surface area contributed by atoms with Crippen molar-refractivity contribution in [3.05, 3.63) is 0 Å². The van der Waals surface area contributed by atoms with E-state index >= 15 is 0 Å². The zero-order chi connectivity index (χ0) is 13.7. The first-order valence-electron chi connectivity index (χ1n) is 7.49. The highest BCUT2D eigenvalue weighted by atomic mass is 32.2. The Morgan fingerprint density at radius 3 is 2.16 bits per heavy atom. The van der Waals surface area contributed by atoms with Crippen LogP contribution in [-0.2, 0) is 19.4 Å². The van der Waals surface area contributed by atoms with Gasteiger partial charge in [-0.25, -0.2) is 8.42 Å². The summed E-state index contributed by atoms with van der Waals surface area (Å²) < 4.78 is 29.4. The number of rotatable bonds is 5. The number of carbonyl (C=O) groups is 1. The van der Waals surface area contributed by atoms with E-state index < -0.39 is 9.84 Å². The summed E-state index contributed by atoms with van der Waals surface area (Å²) in [5.41, 5.74) is 0. The van der Waals surface area contributed by atoms with Gasteiger partial charge in [-0.3, -0.25) is 4.79 Å². The summed E-state index contributed by atoms with van der Waals surface area (Å²) >= 11 is 0. The minimum atomic E-state index is -3.10. The van der Waals surface area contributed by atoms with E-state index in [-0.39, 0.29) is 29.5 Å². The average Bonchev–Trinajstić information content (AvgIpc) is 2.92. The molecular weight excluding hydrogens is 264 g/mol. The molecule has 0 aromatic heterocycles. The van der Waals surface area contributed by atoms with Crippen molar-refractivity contribution in [3.8, 4) is 0 Å². The molecule has 2 aliphatic rings. The highest BCUT2D eigenvalue weighted by Crippen LogP contribution is 2.26. The molecule has 0 heterocycles. The van der Waals surface area contributed by atoms with Crippen LogP contribution in [0.1, 0.15) is 64.2 Å². The van der Waals surface area contributed by atoms with Gasteiger partial charge >= 0.3 is 5.97 Å². The maximum absolute atomic E-state index is 12.0. The van der Waals surface area contributed by atoms with Gasteiger partial charge in [0.2, 0.25) is 0 Å². The molecule has 0 N–H and O–H groups in total. The molecule has 110 valence electrons. The lowest BCUT2D eigenvalue weighted by atomic mass is 9.98. The van der Waals surface area contributed by atoms with Gasteiger partial charge in [-0.1, -0.05) is 19.3 Å². The van der Waals surface area contributed by atoms with Crippen LogP contribution in [0.2, 0.25) is 0 Å². The molecule has 0 unspecified atom stereocenters. The van der Waals surface area contributed by atoms with Gasteiger partial charge in [0.1, 0.15) is 6.10 Å². The molecule has 2 saturated carbocycles. The average molecular weight is 288 g/mol. The van der Waals surface area contributed by atoms with E-state index in [2.05, 4.69) is 0 Å². The Labute approximate surface area is 115 Å². The smallest absolute Gasteiger partial charge is 0.307 e. The third kappa shape index (κ3) is 4.48. The van der Waals surface area contributed by atoms with Crippen molar-refractivity contribution in [1.29, 1.82) is 0 Å². The van der Waals surface area contributed by atoms with Gasteiger partial charge < -0.3 is 4.74 Å². The van der Waals surface area contributed by atoms with Gasteiger partial charge in [0.25, 0.3) is 0 Å². The number of esters is 1. The molecule has 0 aromatic rings. The number of carbonyl (C=O) groups excluding carboxylic acids is 1. The zero-order valence-corrected chi connectivity index (χ0v) is 12.3. The molecule has 0 aliphatic heterocycles. The maximum atomic E-state index is 12.0. The fraction of sp³-hybridized carbons (Fsp3) is 0.929. The lowest BCUT2D eigenvalue weighted by Crippen LogP contribution is -2.25. The number of hydrogen-bond acceptors (Lipinski definition) is 4. The van der Waals surface area contributed by atoms with E-state index in [1.54, 1.807) is 0 Å². The normalized spacial score (nSPS) is 22.5. The summed E-state index contributed by atoms with van der Waals surface area (Å²) in [6.45, 7) is 0. The molecule has 0 radical (unpaired) electrons. The molecule has 0 amide bonds. The second kappa shape index (κ2) is 6.73. The minimum Gasteiger partial charge on any atom is -0.462 e. The lowest BCUT2D eigenvalue weighted by Gasteiger charge is -2.21. The summed E-state index contributed by atoms with van der Waals surface area (Å²) in [6.07, 6.45) is 8.86.